The molecule has 13 nitrogen and oxygen atoms in total. The van der Waals surface area contributed by atoms with Crippen LogP contribution in [0.1, 0.15) is 42.5 Å². The van der Waals surface area contributed by atoms with Crippen molar-refractivity contribution in [2.24, 2.45) is 5.73 Å². The fourth-order valence-corrected chi connectivity index (χ4v) is 6.61. The number of hydrazine groups is 1. The van der Waals surface area contributed by atoms with Gasteiger partial charge in [-0.1, -0.05) is 18.9 Å². The van der Waals surface area contributed by atoms with Crippen LogP contribution in [0.5, 0.6) is 5.75 Å². The van der Waals surface area contributed by atoms with Crippen LogP contribution >= 0.6 is 0 Å². The van der Waals surface area contributed by atoms with Crippen molar-refractivity contribution in [2.75, 3.05) is 51.9 Å². The topological polar surface area (TPSA) is 175 Å². The number of anilines is 1. The van der Waals surface area contributed by atoms with Crippen molar-refractivity contribution in [3.63, 3.8) is 0 Å². The molecule has 0 bridgehead atoms. The molecule has 5 rings (SSSR count). The van der Waals surface area contributed by atoms with E-state index < -0.39 is 100 Å². The first-order chi connectivity index (χ1) is 26.9. The molecule has 1 saturated carbocycles. The summed E-state index contributed by atoms with van der Waals surface area (Å²) in [6.45, 7) is -0.463. The summed E-state index contributed by atoms with van der Waals surface area (Å²) in [5, 5.41) is 25.7. The van der Waals surface area contributed by atoms with Gasteiger partial charge in [0.25, 0.3) is 11.8 Å². The molecule has 1 spiro atoms. The average molecular weight is 818 g/mol. The predicted octanol–water partition coefficient (Wildman–Crippen LogP) is 4.15. The number of halogens is 8. The highest BCUT2D eigenvalue weighted by Gasteiger charge is 2.51. The number of aromatic nitrogens is 2. The molecule has 1 aromatic heterocycles. The van der Waals surface area contributed by atoms with E-state index in [-0.39, 0.29) is 37.6 Å². The summed E-state index contributed by atoms with van der Waals surface area (Å²) in [7, 11) is 1.49. The van der Waals surface area contributed by atoms with Crippen LogP contribution in [-0.4, -0.2) is 100 Å². The van der Waals surface area contributed by atoms with Gasteiger partial charge in [0.15, 0.2) is 11.6 Å². The quantitative estimate of drug-likeness (QED) is 0.0847. The molecule has 1 aliphatic carbocycles. The number of nitrogens with zero attached hydrogens (tertiary/aromatic N) is 4. The molecule has 21 heteroatoms. The van der Waals surface area contributed by atoms with Crippen LogP contribution in [0, 0.1) is 11.6 Å². The Morgan fingerprint density at radius 1 is 1.00 bits per heavy atom. The largest absolute Gasteiger partial charge is 0.488 e. The van der Waals surface area contributed by atoms with E-state index in [1.807, 2.05) is 0 Å². The molecule has 0 radical (unpaired) electrons. The molecule has 2 heterocycles. The number of benzene rings is 2. The Balaban J connectivity index is 1.38. The molecule has 1 atom stereocenters. The zero-order valence-electron chi connectivity index (χ0n) is 30.3. The summed E-state index contributed by atoms with van der Waals surface area (Å²) in [4.78, 5) is 34.9. The van der Waals surface area contributed by atoms with E-state index in [0.717, 1.165) is 17.1 Å². The molecule has 0 saturated heterocycles. The van der Waals surface area contributed by atoms with Gasteiger partial charge in [-0.25, -0.2) is 19.4 Å². The van der Waals surface area contributed by atoms with Crippen molar-refractivity contribution in [1.29, 1.82) is 0 Å². The van der Waals surface area contributed by atoms with Crippen LogP contribution < -0.4 is 21.1 Å². The van der Waals surface area contributed by atoms with E-state index in [1.54, 1.807) is 0 Å². The van der Waals surface area contributed by atoms with Gasteiger partial charge in [-0.05, 0) is 43.2 Å². The lowest BCUT2D eigenvalue weighted by atomic mass is 9.86. The summed E-state index contributed by atoms with van der Waals surface area (Å²) in [5.41, 5.74) is -0.139. The first kappa shape index (κ1) is 43.2. The second kappa shape index (κ2) is 17.7. The molecule has 1 unspecified atom stereocenters. The van der Waals surface area contributed by atoms with Crippen molar-refractivity contribution in [2.45, 2.75) is 56.2 Å². The van der Waals surface area contributed by atoms with Crippen LogP contribution in [0.3, 0.4) is 0 Å². The summed E-state index contributed by atoms with van der Waals surface area (Å²) >= 11 is 0. The van der Waals surface area contributed by atoms with E-state index in [4.69, 9.17) is 20.3 Å². The van der Waals surface area contributed by atoms with Crippen molar-refractivity contribution in [3.8, 4) is 17.0 Å². The number of aliphatic hydroxyl groups excluding tert-OH is 2. The number of likely N-dealkylation sites (N-methyl/N-ethyl adjacent to an activating group) is 1. The van der Waals surface area contributed by atoms with Crippen LogP contribution in [0.15, 0.2) is 54.0 Å². The van der Waals surface area contributed by atoms with Gasteiger partial charge in [-0.3, -0.25) is 14.6 Å². The fourth-order valence-electron chi connectivity index (χ4n) is 6.61. The van der Waals surface area contributed by atoms with Crippen molar-refractivity contribution >= 4 is 17.5 Å². The summed E-state index contributed by atoms with van der Waals surface area (Å²) in [6, 6.07) is 4.59. The number of carbonyl (C=O) groups is 2. The summed E-state index contributed by atoms with van der Waals surface area (Å²) in [5.74, 6) is -5.46. The number of amides is 2. The Kier molecular flexibility index (Phi) is 13.4. The molecular formula is C36H39F8N7O6. The first-order valence-corrected chi connectivity index (χ1v) is 17.5. The van der Waals surface area contributed by atoms with E-state index in [2.05, 4.69) is 20.6 Å². The Labute approximate surface area is 320 Å². The van der Waals surface area contributed by atoms with E-state index >= 15 is 8.78 Å². The van der Waals surface area contributed by atoms with Gasteiger partial charge >= 0.3 is 12.4 Å². The molecule has 3 aromatic rings. The standard InChI is InChI=1S/C36H39F8N7O6/c1-50-34(8-2-3-9-34)31(45)28(32(54)49-24-6-5-21(35(39,40)41)14-23(24)25-15-27(36(42,43)44)48-19-47-25)33(55)51(50)17-20-4-7-26(30(38)29(20)37)57-13-12-56-11-10-46-16-22(53)18-52/h4-7,14-15,19,22,46,52-53H,2-3,8-13,16-18,45H2,1H3,(H,49,54). The minimum atomic E-state index is -4.99. The zero-order valence-corrected chi connectivity index (χ0v) is 30.3. The third-order valence-electron chi connectivity index (χ3n) is 9.63. The molecular weight excluding hydrogens is 778 g/mol. The minimum absolute atomic E-state index is 0.00241. The summed E-state index contributed by atoms with van der Waals surface area (Å²) in [6.07, 6.45) is -8.49. The molecule has 1 aliphatic heterocycles. The molecule has 310 valence electrons. The minimum Gasteiger partial charge on any atom is -0.488 e. The third kappa shape index (κ3) is 9.61. The molecule has 2 amide bonds. The van der Waals surface area contributed by atoms with Gasteiger partial charge in [-0.2, -0.15) is 30.7 Å². The number of aliphatic hydroxyl groups is 2. The van der Waals surface area contributed by atoms with Gasteiger partial charge in [0.05, 0.1) is 55.0 Å². The van der Waals surface area contributed by atoms with E-state index in [1.165, 1.54) is 18.1 Å². The van der Waals surface area contributed by atoms with E-state index in [9.17, 15) is 41.0 Å². The maximum Gasteiger partial charge on any atom is 0.433 e. The maximum atomic E-state index is 15.5. The zero-order chi connectivity index (χ0) is 41.7. The Bertz CT molecular complexity index is 1970. The second-order valence-corrected chi connectivity index (χ2v) is 13.3. The highest BCUT2D eigenvalue weighted by molar-refractivity contribution is 6.24. The highest BCUT2D eigenvalue weighted by atomic mass is 19.4. The molecule has 1 fully saturated rings. The molecule has 6 N–H and O–H groups in total. The van der Waals surface area contributed by atoms with Crippen LogP contribution in [0.4, 0.5) is 40.8 Å². The first-order valence-electron chi connectivity index (χ1n) is 17.5. The van der Waals surface area contributed by atoms with Crippen LogP contribution in [0.25, 0.3) is 11.3 Å². The number of rotatable bonds is 15. The van der Waals surface area contributed by atoms with Crippen molar-refractivity contribution in [3.05, 3.63) is 82.5 Å². The Hall–Kier alpha value is -4.96. The number of nitrogens with one attached hydrogen (secondary N) is 2. The number of ether oxygens (including phenoxy) is 2. The maximum absolute atomic E-state index is 15.5. The molecule has 57 heavy (non-hydrogen) atoms. The SMILES string of the molecule is CN1N(Cc2ccc(OCCOCCNCC(O)CO)c(F)c2F)C(=O)C(C(=O)Nc2ccc(C(F)(F)F)cc2-c2cc(C(F)(F)F)ncn2)=C(N)C12CCCC2. The Morgan fingerprint density at radius 3 is 2.39 bits per heavy atom. The third-order valence-corrected chi connectivity index (χ3v) is 9.63. The average Bonchev–Trinajstić information content (AvgIpc) is 3.67. The van der Waals surface area contributed by atoms with Crippen LogP contribution in [-0.2, 0) is 33.2 Å². The van der Waals surface area contributed by atoms with Gasteiger partial charge in [-0.15, -0.1) is 0 Å². The van der Waals surface area contributed by atoms with Gasteiger partial charge in [0.1, 0.15) is 24.2 Å². The van der Waals surface area contributed by atoms with Crippen molar-refractivity contribution < 1.29 is 64.4 Å². The number of alkyl halides is 6. The normalized spacial score (nSPS) is 16.8. The highest BCUT2D eigenvalue weighted by Crippen LogP contribution is 2.45. The lowest BCUT2D eigenvalue weighted by molar-refractivity contribution is -0.159. The number of carbonyl (C=O) groups excluding carboxylic acids is 2. The fraction of sp³-hybridized carbons (Fsp3) is 0.444. The van der Waals surface area contributed by atoms with Crippen molar-refractivity contribution in [1.82, 2.24) is 25.3 Å². The lowest BCUT2D eigenvalue weighted by Crippen LogP contribution is -2.63. The van der Waals surface area contributed by atoms with Crippen LogP contribution in [0.2, 0.25) is 0 Å². The van der Waals surface area contributed by atoms with Gasteiger partial charge in [0.2, 0.25) is 5.82 Å². The molecule has 2 aromatic carbocycles. The predicted molar refractivity (Wildman–Crippen MR) is 185 cm³/mol. The number of nitrogens with two attached hydrogens (primary N) is 1. The second-order valence-electron chi connectivity index (χ2n) is 13.3. The summed E-state index contributed by atoms with van der Waals surface area (Å²) < 4.78 is 123. The number of hydrogen-bond acceptors (Lipinski definition) is 11. The molecule has 2 aliphatic rings. The van der Waals surface area contributed by atoms with E-state index in [0.29, 0.717) is 56.8 Å². The van der Waals surface area contributed by atoms with Gasteiger partial charge in [0, 0.05) is 37.0 Å². The monoisotopic (exact) mass is 817 g/mol. The number of hydrogen-bond donors (Lipinski definition) is 5. The Morgan fingerprint density at radius 2 is 1.72 bits per heavy atom. The smallest absolute Gasteiger partial charge is 0.433 e. The van der Waals surface area contributed by atoms with Gasteiger partial charge < -0.3 is 36.1 Å². The lowest BCUT2D eigenvalue weighted by Gasteiger charge is -2.49.